The van der Waals surface area contributed by atoms with Crippen LogP contribution in [0.2, 0.25) is 0 Å². The molecule has 1 aromatic heterocycles. The zero-order valence-corrected chi connectivity index (χ0v) is 18.6. The van der Waals surface area contributed by atoms with Crippen molar-refractivity contribution < 1.29 is 19.0 Å². The number of nitrogens with zero attached hydrogens (tertiary/aromatic N) is 4. The fraction of sp³-hybridized carbons (Fsp3) is 0.348. The Morgan fingerprint density at radius 2 is 2.03 bits per heavy atom. The number of thioether (sulfide) groups is 1. The highest BCUT2D eigenvalue weighted by Crippen LogP contribution is 2.38. The number of carbonyl (C=O) groups is 1. The number of carbonyl (C=O) groups excluding carboxylic acids is 1. The molecule has 2 aliphatic heterocycles. The molecule has 0 aliphatic carbocycles. The molecule has 8 nitrogen and oxygen atoms in total. The second-order valence-corrected chi connectivity index (χ2v) is 8.53. The summed E-state index contributed by atoms with van der Waals surface area (Å²) in [6, 6.07) is 13.7. The maximum atomic E-state index is 13.2. The molecule has 2 aliphatic rings. The Labute approximate surface area is 190 Å². The first-order chi connectivity index (χ1) is 15.7. The van der Waals surface area contributed by atoms with Crippen molar-refractivity contribution in [2.24, 2.45) is 0 Å². The minimum atomic E-state index is 0.0472. The molecule has 32 heavy (non-hydrogen) atoms. The number of para-hydroxylation sites is 2. The Bertz CT molecular complexity index is 1120. The monoisotopic (exact) mass is 452 g/mol. The van der Waals surface area contributed by atoms with Crippen LogP contribution in [0.15, 0.2) is 53.9 Å². The van der Waals surface area contributed by atoms with Crippen LogP contribution in [-0.4, -0.2) is 58.2 Å². The molecule has 0 radical (unpaired) electrons. The Balaban J connectivity index is 1.29. The van der Waals surface area contributed by atoms with Crippen molar-refractivity contribution in [1.82, 2.24) is 19.7 Å². The predicted molar refractivity (Wildman–Crippen MR) is 120 cm³/mol. The first-order valence-corrected chi connectivity index (χ1v) is 11.6. The van der Waals surface area contributed by atoms with Gasteiger partial charge in [0, 0.05) is 6.54 Å². The molecule has 3 aromatic rings. The van der Waals surface area contributed by atoms with Crippen LogP contribution in [-0.2, 0) is 4.79 Å². The SMILES string of the molecule is COc1ccccc1-n1cnnc1SCC(=O)N1CCC[C@H]1c1ccc2c(c1)OCCO2. The first kappa shape index (κ1) is 20.7. The average Bonchev–Trinajstić information content (AvgIpc) is 3.52. The van der Waals surface area contributed by atoms with Crippen molar-refractivity contribution in [3.63, 3.8) is 0 Å². The number of hydrogen-bond donors (Lipinski definition) is 0. The fourth-order valence-corrected chi connectivity index (χ4v) is 5.01. The molecule has 1 amide bonds. The molecule has 3 heterocycles. The van der Waals surface area contributed by atoms with Gasteiger partial charge in [0.1, 0.15) is 25.3 Å². The van der Waals surface area contributed by atoms with E-state index in [2.05, 4.69) is 10.2 Å². The number of likely N-dealkylation sites (tertiary alicyclic amines) is 1. The summed E-state index contributed by atoms with van der Waals surface area (Å²) in [6.07, 6.45) is 3.55. The van der Waals surface area contributed by atoms with Gasteiger partial charge in [-0.25, -0.2) is 0 Å². The van der Waals surface area contributed by atoms with E-state index in [0.29, 0.717) is 18.4 Å². The average molecular weight is 453 g/mol. The molecule has 9 heteroatoms. The van der Waals surface area contributed by atoms with Crippen LogP contribution < -0.4 is 14.2 Å². The molecular formula is C23H24N4O4S. The van der Waals surface area contributed by atoms with Gasteiger partial charge in [-0.3, -0.25) is 9.36 Å². The molecule has 0 saturated carbocycles. The summed E-state index contributed by atoms with van der Waals surface area (Å²) in [5.74, 6) is 2.62. The summed E-state index contributed by atoms with van der Waals surface area (Å²) in [4.78, 5) is 15.1. The van der Waals surface area contributed by atoms with Crippen molar-refractivity contribution in [3.05, 3.63) is 54.4 Å². The lowest BCUT2D eigenvalue weighted by molar-refractivity contribution is -0.129. The van der Waals surface area contributed by atoms with Crippen LogP contribution in [0.5, 0.6) is 17.2 Å². The Morgan fingerprint density at radius 3 is 2.91 bits per heavy atom. The number of hydrogen-bond acceptors (Lipinski definition) is 7. The highest BCUT2D eigenvalue weighted by molar-refractivity contribution is 7.99. The lowest BCUT2D eigenvalue weighted by Gasteiger charge is -2.26. The van der Waals surface area contributed by atoms with E-state index in [0.717, 1.165) is 47.9 Å². The molecule has 5 rings (SSSR count). The van der Waals surface area contributed by atoms with Gasteiger partial charge < -0.3 is 19.1 Å². The molecule has 1 saturated heterocycles. The first-order valence-electron chi connectivity index (χ1n) is 10.6. The topological polar surface area (TPSA) is 78.7 Å². The van der Waals surface area contributed by atoms with E-state index in [1.807, 2.05) is 51.9 Å². The van der Waals surface area contributed by atoms with E-state index in [4.69, 9.17) is 14.2 Å². The van der Waals surface area contributed by atoms with Crippen molar-refractivity contribution in [2.45, 2.75) is 24.0 Å². The Kier molecular flexibility index (Phi) is 5.89. The Hall–Kier alpha value is -3.20. The van der Waals surface area contributed by atoms with Crippen LogP contribution in [0.25, 0.3) is 5.69 Å². The quantitative estimate of drug-likeness (QED) is 0.530. The minimum Gasteiger partial charge on any atom is -0.495 e. The molecule has 1 atom stereocenters. The van der Waals surface area contributed by atoms with E-state index < -0.39 is 0 Å². The van der Waals surface area contributed by atoms with Gasteiger partial charge in [0.15, 0.2) is 16.7 Å². The van der Waals surface area contributed by atoms with Gasteiger partial charge in [-0.05, 0) is 42.7 Å². The van der Waals surface area contributed by atoms with Crippen LogP contribution in [0, 0.1) is 0 Å². The normalized spacial score (nSPS) is 17.4. The zero-order valence-electron chi connectivity index (χ0n) is 17.8. The largest absolute Gasteiger partial charge is 0.495 e. The lowest BCUT2D eigenvalue weighted by Crippen LogP contribution is -2.32. The van der Waals surface area contributed by atoms with Gasteiger partial charge in [0.05, 0.1) is 24.6 Å². The second-order valence-electron chi connectivity index (χ2n) is 7.59. The third-order valence-corrected chi connectivity index (χ3v) is 6.64. The van der Waals surface area contributed by atoms with Gasteiger partial charge in [0.25, 0.3) is 0 Å². The summed E-state index contributed by atoms with van der Waals surface area (Å²) in [5, 5.41) is 8.90. The van der Waals surface area contributed by atoms with Gasteiger partial charge in [-0.2, -0.15) is 0 Å². The number of aromatic nitrogens is 3. The van der Waals surface area contributed by atoms with E-state index in [1.165, 1.54) is 11.8 Å². The van der Waals surface area contributed by atoms with Crippen molar-refractivity contribution >= 4 is 17.7 Å². The third-order valence-electron chi connectivity index (χ3n) is 5.71. The number of benzene rings is 2. The van der Waals surface area contributed by atoms with Crippen molar-refractivity contribution in [1.29, 1.82) is 0 Å². The highest BCUT2D eigenvalue weighted by atomic mass is 32.2. The summed E-state index contributed by atoms with van der Waals surface area (Å²) in [7, 11) is 1.63. The van der Waals surface area contributed by atoms with Crippen LogP contribution >= 0.6 is 11.8 Å². The summed E-state index contributed by atoms with van der Waals surface area (Å²) in [6.45, 7) is 1.86. The van der Waals surface area contributed by atoms with Gasteiger partial charge in [-0.15, -0.1) is 10.2 Å². The number of amides is 1. The fourth-order valence-electron chi connectivity index (χ4n) is 4.21. The maximum Gasteiger partial charge on any atom is 0.233 e. The third kappa shape index (κ3) is 4.00. The number of ether oxygens (including phenoxy) is 3. The standard InChI is InChI=1S/C23H24N4O4S/c1-29-19-7-3-2-5-18(19)27-15-24-25-23(27)32-14-22(28)26-10-4-6-17(26)16-8-9-20-21(13-16)31-12-11-30-20/h2-3,5,7-9,13,15,17H,4,6,10-12,14H2,1H3/t17-/m0/s1. The summed E-state index contributed by atoms with van der Waals surface area (Å²) in [5.41, 5.74) is 1.92. The maximum absolute atomic E-state index is 13.2. The Morgan fingerprint density at radius 1 is 1.19 bits per heavy atom. The van der Waals surface area contributed by atoms with E-state index in [9.17, 15) is 4.79 Å². The number of methoxy groups -OCH3 is 1. The van der Waals surface area contributed by atoms with Crippen molar-refractivity contribution in [3.8, 4) is 22.9 Å². The lowest BCUT2D eigenvalue weighted by atomic mass is 10.0. The number of fused-ring (bicyclic) bond motifs is 1. The van der Waals surface area contributed by atoms with Crippen LogP contribution in [0.4, 0.5) is 0 Å². The highest BCUT2D eigenvalue weighted by Gasteiger charge is 2.31. The van der Waals surface area contributed by atoms with Crippen LogP contribution in [0.3, 0.4) is 0 Å². The van der Waals surface area contributed by atoms with E-state index in [1.54, 1.807) is 13.4 Å². The second kappa shape index (κ2) is 9.12. The van der Waals surface area contributed by atoms with Gasteiger partial charge in [-0.1, -0.05) is 30.0 Å². The molecule has 0 unspecified atom stereocenters. The van der Waals surface area contributed by atoms with Crippen molar-refractivity contribution in [2.75, 3.05) is 32.6 Å². The predicted octanol–water partition coefficient (Wildman–Crippen LogP) is 3.50. The molecular weight excluding hydrogens is 428 g/mol. The molecule has 1 fully saturated rings. The molecule has 0 spiro atoms. The zero-order chi connectivity index (χ0) is 21.9. The molecule has 0 N–H and O–H groups in total. The van der Waals surface area contributed by atoms with Gasteiger partial charge in [0.2, 0.25) is 5.91 Å². The minimum absolute atomic E-state index is 0.0472. The van der Waals surface area contributed by atoms with Crippen LogP contribution in [0.1, 0.15) is 24.4 Å². The molecule has 2 aromatic carbocycles. The smallest absolute Gasteiger partial charge is 0.233 e. The summed E-state index contributed by atoms with van der Waals surface area (Å²) < 4.78 is 18.7. The van der Waals surface area contributed by atoms with E-state index >= 15 is 0 Å². The number of rotatable bonds is 6. The van der Waals surface area contributed by atoms with Gasteiger partial charge >= 0.3 is 0 Å². The van der Waals surface area contributed by atoms with E-state index in [-0.39, 0.29) is 17.7 Å². The molecule has 0 bridgehead atoms. The summed E-state index contributed by atoms with van der Waals surface area (Å²) >= 11 is 1.38. The molecule has 166 valence electrons.